The molecule has 0 atom stereocenters. The molecule has 7 heteroatoms. The van der Waals surface area contributed by atoms with E-state index in [9.17, 15) is 9.59 Å². The van der Waals surface area contributed by atoms with Crippen LogP contribution in [0.25, 0.3) is 11.0 Å². The zero-order chi connectivity index (χ0) is 15.7. The highest BCUT2D eigenvalue weighted by Gasteiger charge is 2.28. The number of carbonyl (C=O) groups is 1. The van der Waals surface area contributed by atoms with Gasteiger partial charge in [-0.05, 0) is 29.5 Å². The van der Waals surface area contributed by atoms with Crippen molar-refractivity contribution in [3.05, 3.63) is 25.6 Å². The number of ketones is 1. The Morgan fingerprint density at radius 1 is 1.10 bits per heavy atom. The average Bonchev–Trinajstić information content (AvgIpc) is 2.47. The van der Waals surface area contributed by atoms with Crippen LogP contribution >= 0.6 is 22.6 Å². The van der Waals surface area contributed by atoms with Crippen molar-refractivity contribution in [2.75, 3.05) is 21.3 Å². The van der Waals surface area contributed by atoms with Crippen LogP contribution in [0, 0.1) is 3.57 Å². The summed E-state index contributed by atoms with van der Waals surface area (Å²) in [6, 6.07) is 0. The van der Waals surface area contributed by atoms with Crippen molar-refractivity contribution in [2.24, 2.45) is 0 Å². The van der Waals surface area contributed by atoms with Gasteiger partial charge in [-0.2, -0.15) is 0 Å². The number of rotatable bonds is 4. The predicted octanol–water partition coefficient (Wildman–Crippen LogP) is 2.63. The normalized spacial score (nSPS) is 10.5. The Hall–Kier alpha value is -1.77. The van der Waals surface area contributed by atoms with Crippen LogP contribution in [0.3, 0.4) is 0 Å². The van der Waals surface area contributed by atoms with Crippen molar-refractivity contribution < 1.29 is 23.4 Å². The second-order valence-corrected chi connectivity index (χ2v) is 5.31. The van der Waals surface area contributed by atoms with Crippen LogP contribution in [0.15, 0.2) is 15.5 Å². The Bertz CT molecular complexity index is 777. The molecule has 0 amide bonds. The first-order valence-corrected chi connectivity index (χ1v) is 6.99. The topological polar surface area (TPSA) is 75.0 Å². The summed E-state index contributed by atoms with van der Waals surface area (Å²) in [7, 11) is 4.22. The highest BCUT2D eigenvalue weighted by Crippen LogP contribution is 2.45. The van der Waals surface area contributed by atoms with Crippen LogP contribution in [0.2, 0.25) is 0 Å². The van der Waals surface area contributed by atoms with Gasteiger partial charge in [-0.25, -0.2) is 0 Å². The van der Waals surface area contributed by atoms with Crippen LogP contribution in [-0.4, -0.2) is 27.1 Å². The summed E-state index contributed by atoms with van der Waals surface area (Å²) in [6.45, 7) is 1.36. The van der Waals surface area contributed by atoms with Gasteiger partial charge < -0.3 is 18.6 Å². The molecule has 0 radical (unpaired) electrons. The summed E-state index contributed by atoms with van der Waals surface area (Å²) in [5, 5.41) is 0.159. The Morgan fingerprint density at radius 2 is 1.67 bits per heavy atom. The molecule has 112 valence electrons. The number of hydrogen-bond donors (Lipinski definition) is 0. The van der Waals surface area contributed by atoms with Gasteiger partial charge in [-0.1, -0.05) is 0 Å². The third-order valence-corrected chi connectivity index (χ3v) is 3.75. The first-order valence-electron chi connectivity index (χ1n) is 5.91. The third-order valence-electron chi connectivity index (χ3n) is 3.01. The van der Waals surface area contributed by atoms with E-state index in [1.54, 1.807) is 0 Å². The van der Waals surface area contributed by atoms with E-state index in [0.29, 0.717) is 3.57 Å². The predicted molar refractivity (Wildman–Crippen MR) is 84.9 cm³/mol. The standard InChI is InChI=1S/C14H13IO6/c1-6(16)8-11-9(10(17)7(15)5-21-11)13(19-3)14(20-4)12(8)18-2/h5H,1-4H3. The fourth-order valence-corrected chi connectivity index (χ4v) is 2.56. The lowest BCUT2D eigenvalue weighted by molar-refractivity contribution is 0.101. The van der Waals surface area contributed by atoms with Crippen LogP contribution in [0.5, 0.6) is 17.2 Å². The zero-order valence-electron chi connectivity index (χ0n) is 11.9. The molecule has 21 heavy (non-hydrogen) atoms. The molecule has 0 bridgehead atoms. The molecule has 0 aliphatic rings. The number of benzene rings is 1. The fraction of sp³-hybridized carbons (Fsp3) is 0.286. The lowest BCUT2D eigenvalue weighted by Crippen LogP contribution is -2.11. The fourth-order valence-electron chi connectivity index (χ4n) is 2.16. The van der Waals surface area contributed by atoms with Crippen molar-refractivity contribution in [3.63, 3.8) is 0 Å². The Balaban J connectivity index is 3.18. The summed E-state index contributed by atoms with van der Waals surface area (Å²) in [6.07, 6.45) is 1.29. The van der Waals surface area contributed by atoms with E-state index in [1.807, 2.05) is 22.6 Å². The van der Waals surface area contributed by atoms with E-state index in [2.05, 4.69) is 0 Å². The van der Waals surface area contributed by atoms with Crippen LogP contribution in [-0.2, 0) is 0 Å². The van der Waals surface area contributed by atoms with E-state index in [-0.39, 0.29) is 45.0 Å². The number of hydrogen-bond acceptors (Lipinski definition) is 6. The number of halogens is 1. The Kier molecular flexibility index (Phi) is 4.40. The maximum Gasteiger partial charge on any atom is 0.209 e. The molecule has 2 aromatic rings. The van der Waals surface area contributed by atoms with Crippen molar-refractivity contribution in [2.45, 2.75) is 6.92 Å². The molecule has 0 aliphatic heterocycles. The SMILES string of the molecule is COc1c(OC)c(OC)c2c(=O)c(I)coc2c1C(C)=O. The smallest absolute Gasteiger partial charge is 0.209 e. The lowest BCUT2D eigenvalue weighted by atomic mass is 10.0. The average molecular weight is 404 g/mol. The molecule has 1 heterocycles. The quantitative estimate of drug-likeness (QED) is 0.576. The minimum absolute atomic E-state index is 0.127. The molecular weight excluding hydrogens is 391 g/mol. The van der Waals surface area contributed by atoms with Crippen molar-refractivity contribution in [3.8, 4) is 17.2 Å². The number of fused-ring (bicyclic) bond motifs is 1. The van der Waals surface area contributed by atoms with Gasteiger partial charge in [0.2, 0.25) is 11.2 Å². The van der Waals surface area contributed by atoms with Gasteiger partial charge in [0.15, 0.2) is 22.9 Å². The van der Waals surface area contributed by atoms with Crippen molar-refractivity contribution in [1.29, 1.82) is 0 Å². The van der Waals surface area contributed by atoms with Gasteiger partial charge in [-0.3, -0.25) is 9.59 Å². The van der Waals surface area contributed by atoms with E-state index in [1.165, 1.54) is 34.5 Å². The maximum absolute atomic E-state index is 12.4. The molecule has 0 spiro atoms. The van der Waals surface area contributed by atoms with E-state index < -0.39 is 0 Å². The largest absolute Gasteiger partial charge is 0.492 e. The summed E-state index contributed by atoms with van der Waals surface area (Å²) in [4.78, 5) is 24.4. The summed E-state index contributed by atoms with van der Waals surface area (Å²) in [5.74, 6) is 0.245. The number of carbonyl (C=O) groups excluding carboxylic acids is 1. The molecular formula is C14H13IO6. The van der Waals surface area contributed by atoms with Crippen LogP contribution in [0.1, 0.15) is 17.3 Å². The number of methoxy groups -OCH3 is 3. The van der Waals surface area contributed by atoms with Gasteiger partial charge in [0, 0.05) is 0 Å². The molecule has 0 unspecified atom stereocenters. The first kappa shape index (κ1) is 15.6. The molecule has 1 aromatic heterocycles. The second kappa shape index (κ2) is 5.92. The van der Waals surface area contributed by atoms with Crippen LogP contribution in [0.4, 0.5) is 0 Å². The zero-order valence-corrected chi connectivity index (χ0v) is 14.1. The minimum atomic E-state index is -0.304. The van der Waals surface area contributed by atoms with Crippen molar-refractivity contribution >= 4 is 39.3 Å². The highest BCUT2D eigenvalue weighted by molar-refractivity contribution is 14.1. The molecule has 0 fully saturated rings. The Labute approximate surface area is 134 Å². The van der Waals surface area contributed by atoms with E-state index in [4.69, 9.17) is 18.6 Å². The maximum atomic E-state index is 12.4. The third kappa shape index (κ3) is 2.35. The summed E-state index contributed by atoms with van der Waals surface area (Å²) >= 11 is 1.86. The molecule has 1 aromatic carbocycles. The lowest BCUT2D eigenvalue weighted by Gasteiger charge is -2.17. The molecule has 0 aliphatic carbocycles. The summed E-state index contributed by atoms with van der Waals surface area (Å²) < 4.78 is 21.6. The van der Waals surface area contributed by atoms with Gasteiger partial charge in [-0.15, -0.1) is 0 Å². The Morgan fingerprint density at radius 3 is 2.14 bits per heavy atom. The molecule has 2 rings (SSSR count). The number of Topliss-reactive ketones (excluding diaryl/α,β-unsaturated/α-hetero) is 1. The van der Waals surface area contributed by atoms with Gasteiger partial charge in [0.1, 0.15) is 17.2 Å². The monoisotopic (exact) mass is 404 g/mol. The highest BCUT2D eigenvalue weighted by atomic mass is 127. The number of ether oxygens (including phenoxy) is 3. The van der Waals surface area contributed by atoms with Gasteiger partial charge in [0.05, 0.1) is 24.9 Å². The molecule has 0 N–H and O–H groups in total. The van der Waals surface area contributed by atoms with Crippen LogP contribution < -0.4 is 19.6 Å². The van der Waals surface area contributed by atoms with Crippen molar-refractivity contribution in [1.82, 2.24) is 0 Å². The second-order valence-electron chi connectivity index (χ2n) is 4.15. The minimum Gasteiger partial charge on any atom is -0.492 e. The van der Waals surface area contributed by atoms with Gasteiger partial charge >= 0.3 is 0 Å². The molecule has 6 nitrogen and oxygen atoms in total. The first-order chi connectivity index (χ1) is 9.97. The summed E-state index contributed by atoms with van der Waals surface area (Å²) in [5.41, 5.74) is -0.0155. The van der Waals surface area contributed by atoms with E-state index >= 15 is 0 Å². The molecule has 0 saturated heterocycles. The van der Waals surface area contributed by atoms with E-state index in [0.717, 1.165) is 0 Å². The van der Waals surface area contributed by atoms with Gasteiger partial charge in [0.25, 0.3) is 0 Å². The molecule has 0 saturated carbocycles.